The van der Waals surface area contributed by atoms with E-state index in [1.165, 1.54) is 6.07 Å². The molecule has 2 aromatic carbocycles. The maximum atomic E-state index is 11.2. The number of ether oxygens (including phenoxy) is 3. The number of carboxylic acid groups (broad SMARTS) is 1. The summed E-state index contributed by atoms with van der Waals surface area (Å²) in [6, 6.07) is 12.2. The van der Waals surface area contributed by atoms with Gasteiger partial charge in [-0.25, -0.2) is 4.79 Å². The van der Waals surface area contributed by atoms with E-state index in [9.17, 15) is 4.79 Å². The molecule has 0 bridgehead atoms. The van der Waals surface area contributed by atoms with Crippen LogP contribution in [0.2, 0.25) is 0 Å². The summed E-state index contributed by atoms with van der Waals surface area (Å²) in [6.07, 6.45) is 0.382. The van der Waals surface area contributed by atoms with Crippen LogP contribution >= 0.6 is 0 Å². The lowest BCUT2D eigenvalue weighted by Gasteiger charge is -2.27. The Morgan fingerprint density at radius 2 is 2.00 bits per heavy atom. The highest BCUT2D eigenvalue weighted by Crippen LogP contribution is 2.38. The molecule has 0 saturated carbocycles. The molecule has 1 unspecified atom stereocenters. The summed E-state index contributed by atoms with van der Waals surface area (Å²) >= 11 is 0. The quantitative estimate of drug-likeness (QED) is 0.938. The van der Waals surface area contributed by atoms with Crippen molar-refractivity contribution in [3.8, 4) is 17.2 Å². The highest BCUT2D eigenvalue weighted by atomic mass is 16.5. The molecule has 22 heavy (non-hydrogen) atoms. The number of aromatic carboxylic acids is 1. The third-order valence-corrected chi connectivity index (χ3v) is 3.58. The number of fused-ring (bicyclic) bond motifs is 1. The van der Waals surface area contributed by atoms with Gasteiger partial charge in [0.25, 0.3) is 0 Å². The molecule has 1 N–H and O–H groups in total. The molecule has 0 spiro atoms. The summed E-state index contributed by atoms with van der Waals surface area (Å²) in [5.41, 5.74) is 0.968. The number of rotatable bonds is 4. The molecule has 0 aromatic heterocycles. The lowest BCUT2D eigenvalue weighted by Crippen LogP contribution is -2.19. The van der Waals surface area contributed by atoms with Gasteiger partial charge in [-0.1, -0.05) is 12.1 Å². The van der Waals surface area contributed by atoms with Crippen LogP contribution in [0.25, 0.3) is 0 Å². The van der Waals surface area contributed by atoms with E-state index < -0.39 is 5.97 Å². The first kappa shape index (κ1) is 14.3. The number of carboxylic acids is 1. The Morgan fingerprint density at radius 1 is 1.23 bits per heavy atom. The van der Waals surface area contributed by atoms with Gasteiger partial charge in [-0.3, -0.25) is 0 Å². The first-order valence-electron chi connectivity index (χ1n) is 6.99. The summed E-state index contributed by atoms with van der Waals surface area (Å²) in [5, 5.41) is 9.14. The number of hydrogen-bond donors (Lipinski definition) is 1. The van der Waals surface area contributed by atoms with Crippen molar-refractivity contribution < 1.29 is 24.1 Å². The first-order chi connectivity index (χ1) is 10.7. The van der Waals surface area contributed by atoms with E-state index in [0.717, 1.165) is 5.56 Å². The van der Waals surface area contributed by atoms with Crippen molar-refractivity contribution in [3.05, 3.63) is 53.6 Å². The van der Waals surface area contributed by atoms with Gasteiger partial charge in [0.2, 0.25) is 0 Å². The summed E-state index contributed by atoms with van der Waals surface area (Å²) < 4.78 is 16.9. The van der Waals surface area contributed by atoms with Gasteiger partial charge in [-0.2, -0.15) is 0 Å². The highest BCUT2D eigenvalue weighted by Gasteiger charge is 2.25. The Kier molecular flexibility index (Phi) is 3.87. The molecule has 3 rings (SSSR count). The Bertz CT molecular complexity index is 695. The summed E-state index contributed by atoms with van der Waals surface area (Å²) in [5.74, 6) is 0.967. The van der Waals surface area contributed by atoms with E-state index in [0.29, 0.717) is 30.3 Å². The normalized spacial score (nSPS) is 16.3. The van der Waals surface area contributed by atoms with Crippen molar-refractivity contribution in [2.75, 3.05) is 13.7 Å². The lowest BCUT2D eigenvalue weighted by molar-refractivity contribution is 0.0696. The molecule has 2 aromatic rings. The minimum absolute atomic E-state index is 0.220. The van der Waals surface area contributed by atoms with Gasteiger partial charge in [0.05, 0.1) is 19.3 Å². The molecular weight excluding hydrogens is 284 g/mol. The molecular formula is C17H16O5. The minimum Gasteiger partial charge on any atom is -0.493 e. The maximum Gasteiger partial charge on any atom is 0.335 e. The van der Waals surface area contributed by atoms with E-state index in [-0.39, 0.29) is 11.7 Å². The summed E-state index contributed by atoms with van der Waals surface area (Å²) in [7, 11) is 1.59. The van der Waals surface area contributed by atoms with Gasteiger partial charge in [-0.15, -0.1) is 0 Å². The molecule has 0 radical (unpaired) electrons. The Hall–Kier alpha value is -2.69. The fraction of sp³-hybridized carbons (Fsp3) is 0.235. The zero-order chi connectivity index (χ0) is 15.5. The summed E-state index contributed by atoms with van der Waals surface area (Å²) in [6.45, 7) is 0.527. The third-order valence-electron chi connectivity index (χ3n) is 3.58. The topological polar surface area (TPSA) is 65.0 Å². The van der Waals surface area contributed by atoms with Crippen molar-refractivity contribution in [2.24, 2.45) is 0 Å². The highest BCUT2D eigenvalue weighted by molar-refractivity contribution is 5.88. The average molecular weight is 300 g/mol. The van der Waals surface area contributed by atoms with E-state index in [1.807, 2.05) is 24.3 Å². The van der Waals surface area contributed by atoms with Crippen molar-refractivity contribution in [2.45, 2.75) is 12.5 Å². The second kappa shape index (κ2) is 5.97. The molecule has 0 saturated heterocycles. The molecule has 1 heterocycles. The SMILES string of the molecule is COc1ccccc1OC1CCOc2ccc(C(=O)O)cc21. The monoisotopic (exact) mass is 300 g/mol. The van der Waals surface area contributed by atoms with Crippen LogP contribution in [0.4, 0.5) is 0 Å². The zero-order valence-electron chi connectivity index (χ0n) is 12.1. The predicted molar refractivity (Wildman–Crippen MR) is 79.9 cm³/mol. The van der Waals surface area contributed by atoms with Crippen LogP contribution < -0.4 is 14.2 Å². The van der Waals surface area contributed by atoms with Gasteiger partial charge >= 0.3 is 5.97 Å². The van der Waals surface area contributed by atoms with Gasteiger partial charge < -0.3 is 19.3 Å². The standard InChI is InChI=1S/C17H16O5/c1-20-15-4-2-3-5-16(15)22-14-8-9-21-13-7-6-11(17(18)19)10-12(13)14/h2-7,10,14H,8-9H2,1H3,(H,18,19). The maximum absolute atomic E-state index is 11.2. The molecule has 0 amide bonds. The third kappa shape index (κ3) is 2.70. The lowest BCUT2D eigenvalue weighted by atomic mass is 10.0. The Morgan fingerprint density at radius 3 is 2.73 bits per heavy atom. The minimum atomic E-state index is -0.968. The Labute approximate surface area is 128 Å². The van der Waals surface area contributed by atoms with E-state index in [2.05, 4.69) is 0 Å². The van der Waals surface area contributed by atoms with E-state index >= 15 is 0 Å². The molecule has 1 aliphatic rings. The van der Waals surface area contributed by atoms with Gasteiger partial charge in [0, 0.05) is 12.0 Å². The fourth-order valence-electron chi connectivity index (χ4n) is 2.49. The second-order valence-electron chi connectivity index (χ2n) is 4.95. The van der Waals surface area contributed by atoms with Gasteiger partial charge in [-0.05, 0) is 30.3 Å². The van der Waals surface area contributed by atoms with Crippen LogP contribution in [-0.2, 0) is 0 Å². The van der Waals surface area contributed by atoms with Crippen LogP contribution in [0, 0.1) is 0 Å². The van der Waals surface area contributed by atoms with Crippen LogP contribution in [0.5, 0.6) is 17.2 Å². The number of para-hydroxylation sites is 2. The molecule has 0 fully saturated rings. The van der Waals surface area contributed by atoms with Crippen molar-refractivity contribution >= 4 is 5.97 Å². The summed E-state index contributed by atoms with van der Waals surface area (Å²) in [4.78, 5) is 11.2. The zero-order valence-corrected chi connectivity index (χ0v) is 12.1. The number of hydrogen-bond acceptors (Lipinski definition) is 4. The van der Waals surface area contributed by atoms with Crippen LogP contribution in [0.1, 0.15) is 28.4 Å². The van der Waals surface area contributed by atoms with Crippen LogP contribution in [0.3, 0.4) is 0 Å². The predicted octanol–water partition coefficient (Wildman–Crippen LogP) is 3.30. The number of methoxy groups -OCH3 is 1. The molecule has 1 atom stereocenters. The smallest absolute Gasteiger partial charge is 0.335 e. The van der Waals surface area contributed by atoms with E-state index in [1.54, 1.807) is 19.2 Å². The van der Waals surface area contributed by atoms with Crippen LogP contribution in [0.15, 0.2) is 42.5 Å². The second-order valence-corrected chi connectivity index (χ2v) is 4.95. The van der Waals surface area contributed by atoms with E-state index in [4.69, 9.17) is 19.3 Å². The molecule has 1 aliphatic heterocycles. The van der Waals surface area contributed by atoms with Crippen molar-refractivity contribution in [1.29, 1.82) is 0 Å². The van der Waals surface area contributed by atoms with Crippen molar-refractivity contribution in [1.82, 2.24) is 0 Å². The average Bonchev–Trinajstić information content (AvgIpc) is 2.55. The molecule has 114 valence electrons. The fourth-order valence-corrected chi connectivity index (χ4v) is 2.49. The van der Waals surface area contributed by atoms with Crippen molar-refractivity contribution in [3.63, 3.8) is 0 Å². The first-order valence-corrected chi connectivity index (χ1v) is 6.99. The molecule has 5 heteroatoms. The van der Waals surface area contributed by atoms with Gasteiger partial charge in [0.1, 0.15) is 11.9 Å². The largest absolute Gasteiger partial charge is 0.493 e. The Balaban J connectivity index is 1.94. The molecule has 0 aliphatic carbocycles. The number of benzene rings is 2. The molecule has 5 nitrogen and oxygen atoms in total. The van der Waals surface area contributed by atoms with Gasteiger partial charge in [0.15, 0.2) is 11.5 Å². The number of carbonyl (C=O) groups is 1. The van der Waals surface area contributed by atoms with Crippen LogP contribution in [-0.4, -0.2) is 24.8 Å².